The molecule has 1 rings (SSSR count). The first kappa shape index (κ1) is 16.2. The molecule has 0 saturated carbocycles. The summed E-state index contributed by atoms with van der Waals surface area (Å²) in [4.78, 5) is 12.5. The lowest BCUT2D eigenvalue weighted by molar-refractivity contribution is -0.120. The maximum absolute atomic E-state index is 12.3. The van der Waals surface area contributed by atoms with Crippen LogP contribution >= 0.6 is 15.9 Å². The molecule has 1 amide bonds. The van der Waals surface area contributed by atoms with E-state index >= 15 is 0 Å². The van der Waals surface area contributed by atoms with Crippen LogP contribution in [-0.2, 0) is 4.79 Å². The third kappa shape index (κ3) is 4.98. The summed E-state index contributed by atoms with van der Waals surface area (Å²) in [6, 6.07) is 7.97. The van der Waals surface area contributed by atoms with Gasteiger partial charge in [-0.2, -0.15) is 0 Å². The van der Waals surface area contributed by atoms with Gasteiger partial charge in [-0.1, -0.05) is 60.8 Å². The van der Waals surface area contributed by atoms with Gasteiger partial charge in [-0.15, -0.1) is 0 Å². The fourth-order valence-corrected chi connectivity index (χ4v) is 2.56. The number of amides is 1. The number of hydrogen-bond acceptors (Lipinski definition) is 1. The molecule has 19 heavy (non-hydrogen) atoms. The van der Waals surface area contributed by atoms with Crippen molar-refractivity contribution in [1.82, 2.24) is 0 Å². The summed E-state index contributed by atoms with van der Waals surface area (Å²) in [6.45, 7) is 6.31. The highest BCUT2D eigenvalue weighted by Gasteiger charge is 2.17. The molecular weight excluding hydrogens is 302 g/mol. The van der Waals surface area contributed by atoms with E-state index in [0.717, 1.165) is 36.9 Å². The van der Waals surface area contributed by atoms with Gasteiger partial charge in [-0.3, -0.25) is 4.79 Å². The molecule has 0 saturated heterocycles. The van der Waals surface area contributed by atoms with Crippen molar-refractivity contribution >= 4 is 27.5 Å². The molecule has 0 aromatic heterocycles. The lowest BCUT2D eigenvalue weighted by Gasteiger charge is -2.17. The van der Waals surface area contributed by atoms with Gasteiger partial charge in [0.15, 0.2) is 0 Å². The highest BCUT2D eigenvalue weighted by Crippen LogP contribution is 2.29. The Morgan fingerprint density at radius 2 is 2.00 bits per heavy atom. The monoisotopic (exact) mass is 325 g/mol. The number of anilines is 1. The normalized spacial score (nSPS) is 13.9. The number of rotatable bonds is 7. The van der Waals surface area contributed by atoms with Crippen LogP contribution in [0.5, 0.6) is 0 Å². The SMILES string of the molecule is CCCCC(CC)C(=O)Nc1ccccc1C(C)Br. The topological polar surface area (TPSA) is 29.1 Å². The molecule has 0 spiro atoms. The second kappa shape index (κ2) is 8.36. The molecule has 0 radical (unpaired) electrons. The minimum Gasteiger partial charge on any atom is -0.326 e. The number of nitrogens with one attached hydrogen (secondary N) is 1. The molecule has 0 bridgehead atoms. The molecule has 1 aromatic rings. The Bertz CT molecular complexity index is 403. The summed E-state index contributed by atoms with van der Waals surface area (Å²) in [5.74, 6) is 0.273. The van der Waals surface area contributed by atoms with Crippen LogP contribution in [0.3, 0.4) is 0 Å². The molecule has 2 nitrogen and oxygen atoms in total. The number of carbonyl (C=O) groups excluding carboxylic acids is 1. The van der Waals surface area contributed by atoms with Gasteiger partial charge in [0.25, 0.3) is 0 Å². The average Bonchev–Trinajstić information content (AvgIpc) is 2.40. The second-order valence-corrected chi connectivity index (χ2v) is 6.31. The minimum atomic E-state index is 0.124. The van der Waals surface area contributed by atoms with E-state index in [1.165, 1.54) is 0 Å². The van der Waals surface area contributed by atoms with Crippen molar-refractivity contribution in [2.75, 3.05) is 5.32 Å². The predicted octanol–water partition coefficient (Wildman–Crippen LogP) is 5.30. The third-order valence-corrected chi connectivity index (χ3v) is 3.91. The summed E-state index contributed by atoms with van der Waals surface area (Å²) in [7, 11) is 0. The van der Waals surface area contributed by atoms with Crippen molar-refractivity contribution in [3.05, 3.63) is 29.8 Å². The van der Waals surface area contributed by atoms with Gasteiger partial charge >= 0.3 is 0 Å². The average molecular weight is 326 g/mol. The Hall–Kier alpha value is -0.830. The number of alkyl halides is 1. The van der Waals surface area contributed by atoms with E-state index < -0.39 is 0 Å². The molecule has 0 fully saturated rings. The van der Waals surface area contributed by atoms with Crippen LogP contribution in [0.25, 0.3) is 0 Å². The fraction of sp³-hybridized carbons (Fsp3) is 0.562. The van der Waals surface area contributed by atoms with Crippen molar-refractivity contribution in [3.63, 3.8) is 0 Å². The number of benzene rings is 1. The van der Waals surface area contributed by atoms with Crippen molar-refractivity contribution in [3.8, 4) is 0 Å². The lowest BCUT2D eigenvalue weighted by atomic mass is 9.98. The smallest absolute Gasteiger partial charge is 0.227 e. The molecule has 0 heterocycles. The molecule has 106 valence electrons. The van der Waals surface area contributed by atoms with Gasteiger partial charge in [0.1, 0.15) is 0 Å². The van der Waals surface area contributed by atoms with E-state index in [9.17, 15) is 4.79 Å². The van der Waals surface area contributed by atoms with Gasteiger partial charge in [-0.05, 0) is 31.4 Å². The van der Waals surface area contributed by atoms with E-state index in [1.807, 2.05) is 24.3 Å². The minimum absolute atomic E-state index is 0.124. The molecule has 0 aliphatic rings. The number of hydrogen-bond donors (Lipinski definition) is 1. The standard InChI is InChI=1S/C16H24BrNO/c1-4-6-9-13(5-2)16(19)18-15-11-8-7-10-14(15)12(3)17/h7-8,10-13H,4-6,9H2,1-3H3,(H,18,19). The zero-order chi connectivity index (χ0) is 14.3. The first-order valence-electron chi connectivity index (χ1n) is 7.14. The van der Waals surface area contributed by atoms with Gasteiger partial charge < -0.3 is 5.32 Å². The van der Waals surface area contributed by atoms with E-state index in [1.54, 1.807) is 0 Å². The number of halogens is 1. The van der Waals surface area contributed by atoms with Crippen LogP contribution in [0, 0.1) is 5.92 Å². The summed E-state index contributed by atoms with van der Waals surface area (Å²) >= 11 is 3.57. The zero-order valence-electron chi connectivity index (χ0n) is 12.1. The van der Waals surface area contributed by atoms with Crippen molar-refractivity contribution < 1.29 is 4.79 Å². The summed E-state index contributed by atoms with van der Waals surface area (Å²) in [5.41, 5.74) is 2.05. The number of para-hydroxylation sites is 1. The zero-order valence-corrected chi connectivity index (χ0v) is 13.7. The number of unbranched alkanes of at least 4 members (excludes halogenated alkanes) is 1. The Morgan fingerprint density at radius 1 is 1.32 bits per heavy atom. The largest absolute Gasteiger partial charge is 0.326 e. The second-order valence-electron chi connectivity index (χ2n) is 4.94. The van der Waals surface area contributed by atoms with Crippen LogP contribution < -0.4 is 5.32 Å². The highest BCUT2D eigenvalue weighted by atomic mass is 79.9. The third-order valence-electron chi connectivity index (χ3n) is 3.42. The van der Waals surface area contributed by atoms with E-state index in [4.69, 9.17) is 0 Å². The van der Waals surface area contributed by atoms with Gasteiger partial charge in [0, 0.05) is 16.4 Å². The molecule has 0 aliphatic carbocycles. The van der Waals surface area contributed by atoms with Crippen LogP contribution in [0.15, 0.2) is 24.3 Å². The van der Waals surface area contributed by atoms with Crippen LogP contribution in [0.2, 0.25) is 0 Å². The van der Waals surface area contributed by atoms with E-state index in [-0.39, 0.29) is 16.7 Å². The predicted molar refractivity (Wildman–Crippen MR) is 85.7 cm³/mol. The Balaban J connectivity index is 2.75. The Labute approximate surface area is 125 Å². The molecule has 3 heteroatoms. The van der Waals surface area contributed by atoms with E-state index in [0.29, 0.717) is 0 Å². The van der Waals surface area contributed by atoms with Crippen LogP contribution in [0.1, 0.15) is 56.8 Å². The maximum atomic E-state index is 12.3. The molecule has 1 N–H and O–H groups in total. The first-order valence-corrected chi connectivity index (χ1v) is 8.05. The quantitative estimate of drug-likeness (QED) is 0.677. The van der Waals surface area contributed by atoms with Gasteiger partial charge in [0.2, 0.25) is 5.91 Å². The Morgan fingerprint density at radius 3 is 2.58 bits per heavy atom. The molecular formula is C16H24BrNO. The van der Waals surface area contributed by atoms with Crippen molar-refractivity contribution in [2.24, 2.45) is 5.92 Å². The summed E-state index contributed by atoms with van der Waals surface area (Å²) in [6.07, 6.45) is 4.13. The van der Waals surface area contributed by atoms with Crippen LogP contribution in [0.4, 0.5) is 5.69 Å². The summed E-state index contributed by atoms with van der Waals surface area (Å²) in [5, 5.41) is 3.08. The molecule has 1 aromatic carbocycles. The Kier molecular flexibility index (Phi) is 7.14. The number of carbonyl (C=O) groups is 1. The van der Waals surface area contributed by atoms with E-state index in [2.05, 4.69) is 42.0 Å². The molecule has 2 unspecified atom stereocenters. The van der Waals surface area contributed by atoms with Gasteiger partial charge in [-0.25, -0.2) is 0 Å². The lowest BCUT2D eigenvalue weighted by Crippen LogP contribution is -2.23. The first-order chi connectivity index (χ1) is 9.10. The van der Waals surface area contributed by atoms with Crippen LogP contribution in [-0.4, -0.2) is 5.91 Å². The summed E-state index contributed by atoms with van der Waals surface area (Å²) < 4.78 is 0. The van der Waals surface area contributed by atoms with Crippen molar-refractivity contribution in [1.29, 1.82) is 0 Å². The maximum Gasteiger partial charge on any atom is 0.227 e. The van der Waals surface area contributed by atoms with Gasteiger partial charge in [0.05, 0.1) is 0 Å². The molecule has 0 aliphatic heterocycles. The molecule has 2 atom stereocenters. The highest BCUT2D eigenvalue weighted by molar-refractivity contribution is 9.09. The van der Waals surface area contributed by atoms with Crippen molar-refractivity contribution in [2.45, 2.75) is 51.3 Å². The fourth-order valence-electron chi connectivity index (χ4n) is 2.16.